The number of aryl methyl sites for hydroxylation is 1. The molecule has 0 saturated carbocycles. The molecular weight excluding hydrogens is 278 g/mol. The standard InChI is InChI=1S/C14H20ClN3O2/c1-8(2)6-17-13(19)10(4)18-14(20)11-7-16-9(3)5-12(11)15/h5,7-8,10H,6H2,1-4H3,(H,17,19)(H,18,20). The van der Waals surface area contributed by atoms with Gasteiger partial charge in [0.15, 0.2) is 0 Å². The number of rotatable bonds is 5. The van der Waals surface area contributed by atoms with E-state index in [-0.39, 0.29) is 11.5 Å². The molecule has 0 aliphatic rings. The van der Waals surface area contributed by atoms with Crippen molar-refractivity contribution in [1.29, 1.82) is 0 Å². The second-order valence-electron chi connectivity index (χ2n) is 5.14. The lowest BCUT2D eigenvalue weighted by atomic mass is 10.2. The molecule has 20 heavy (non-hydrogen) atoms. The predicted molar refractivity (Wildman–Crippen MR) is 78.8 cm³/mol. The Morgan fingerprint density at radius 1 is 1.35 bits per heavy atom. The average Bonchev–Trinajstić information content (AvgIpc) is 2.35. The average molecular weight is 298 g/mol. The van der Waals surface area contributed by atoms with Crippen LogP contribution in [0.3, 0.4) is 0 Å². The summed E-state index contributed by atoms with van der Waals surface area (Å²) in [7, 11) is 0. The number of amides is 2. The second-order valence-corrected chi connectivity index (χ2v) is 5.55. The molecule has 0 radical (unpaired) electrons. The summed E-state index contributed by atoms with van der Waals surface area (Å²) in [6.45, 7) is 7.99. The fraction of sp³-hybridized carbons (Fsp3) is 0.500. The predicted octanol–water partition coefficient (Wildman–Crippen LogP) is 1.93. The van der Waals surface area contributed by atoms with Gasteiger partial charge in [-0.2, -0.15) is 0 Å². The van der Waals surface area contributed by atoms with Gasteiger partial charge in [-0.25, -0.2) is 0 Å². The van der Waals surface area contributed by atoms with E-state index in [0.717, 1.165) is 5.69 Å². The van der Waals surface area contributed by atoms with E-state index in [1.54, 1.807) is 19.9 Å². The van der Waals surface area contributed by atoms with Crippen LogP contribution in [0, 0.1) is 12.8 Å². The van der Waals surface area contributed by atoms with Crippen molar-refractivity contribution in [2.24, 2.45) is 5.92 Å². The fourth-order valence-electron chi connectivity index (χ4n) is 1.49. The van der Waals surface area contributed by atoms with Crippen LogP contribution >= 0.6 is 11.6 Å². The van der Waals surface area contributed by atoms with Crippen LogP contribution < -0.4 is 10.6 Å². The highest BCUT2D eigenvalue weighted by atomic mass is 35.5. The SMILES string of the molecule is Cc1cc(Cl)c(C(=O)NC(C)C(=O)NCC(C)C)cn1. The maximum absolute atomic E-state index is 12.0. The van der Waals surface area contributed by atoms with E-state index in [1.807, 2.05) is 13.8 Å². The molecule has 1 heterocycles. The minimum absolute atomic E-state index is 0.219. The summed E-state index contributed by atoms with van der Waals surface area (Å²) in [4.78, 5) is 27.8. The lowest BCUT2D eigenvalue weighted by molar-refractivity contribution is -0.122. The zero-order valence-corrected chi connectivity index (χ0v) is 12.9. The Labute approximate surface area is 124 Å². The van der Waals surface area contributed by atoms with Gasteiger partial charge in [0.05, 0.1) is 10.6 Å². The van der Waals surface area contributed by atoms with Gasteiger partial charge in [0.2, 0.25) is 5.91 Å². The van der Waals surface area contributed by atoms with Crippen molar-refractivity contribution >= 4 is 23.4 Å². The van der Waals surface area contributed by atoms with Crippen LogP contribution in [0.15, 0.2) is 12.3 Å². The Kier molecular flexibility index (Phi) is 5.95. The van der Waals surface area contributed by atoms with Gasteiger partial charge >= 0.3 is 0 Å². The first-order valence-corrected chi connectivity index (χ1v) is 6.89. The number of nitrogens with one attached hydrogen (secondary N) is 2. The van der Waals surface area contributed by atoms with E-state index >= 15 is 0 Å². The molecule has 2 N–H and O–H groups in total. The Morgan fingerprint density at radius 2 is 2.00 bits per heavy atom. The highest BCUT2D eigenvalue weighted by Gasteiger charge is 2.18. The van der Waals surface area contributed by atoms with E-state index in [4.69, 9.17) is 11.6 Å². The van der Waals surface area contributed by atoms with Crippen LogP contribution in [0.5, 0.6) is 0 Å². The van der Waals surface area contributed by atoms with Crippen LogP contribution in [-0.4, -0.2) is 29.4 Å². The number of carbonyl (C=O) groups excluding carboxylic acids is 2. The van der Waals surface area contributed by atoms with Crippen molar-refractivity contribution in [1.82, 2.24) is 15.6 Å². The van der Waals surface area contributed by atoms with Crippen LogP contribution in [-0.2, 0) is 4.79 Å². The summed E-state index contributed by atoms with van der Waals surface area (Å²) in [6.07, 6.45) is 1.41. The molecule has 6 heteroatoms. The molecular formula is C14H20ClN3O2. The lowest BCUT2D eigenvalue weighted by Gasteiger charge is -2.15. The van der Waals surface area contributed by atoms with Gasteiger partial charge in [0, 0.05) is 18.4 Å². The lowest BCUT2D eigenvalue weighted by Crippen LogP contribution is -2.45. The van der Waals surface area contributed by atoms with Crippen molar-refractivity contribution < 1.29 is 9.59 Å². The largest absolute Gasteiger partial charge is 0.354 e. The topological polar surface area (TPSA) is 71.1 Å². The third-order valence-corrected chi connectivity index (χ3v) is 2.97. The summed E-state index contributed by atoms with van der Waals surface area (Å²) in [5, 5.41) is 5.69. The normalized spacial score (nSPS) is 12.1. The summed E-state index contributed by atoms with van der Waals surface area (Å²) in [5.74, 6) is -0.268. The molecule has 0 aromatic carbocycles. The number of aromatic nitrogens is 1. The molecule has 1 unspecified atom stereocenters. The van der Waals surface area contributed by atoms with Gasteiger partial charge in [-0.15, -0.1) is 0 Å². The second kappa shape index (κ2) is 7.24. The Balaban J connectivity index is 2.63. The van der Waals surface area contributed by atoms with Crippen LogP contribution in [0.25, 0.3) is 0 Å². The number of hydrogen-bond acceptors (Lipinski definition) is 3. The van der Waals surface area contributed by atoms with Gasteiger partial charge in [-0.05, 0) is 25.8 Å². The van der Waals surface area contributed by atoms with Gasteiger partial charge in [0.25, 0.3) is 5.91 Å². The highest BCUT2D eigenvalue weighted by molar-refractivity contribution is 6.33. The molecule has 0 fully saturated rings. The monoisotopic (exact) mass is 297 g/mol. The number of halogens is 1. The van der Waals surface area contributed by atoms with Crippen molar-refractivity contribution in [2.75, 3.05) is 6.54 Å². The molecule has 1 aromatic heterocycles. The van der Waals surface area contributed by atoms with E-state index in [1.165, 1.54) is 6.20 Å². The van der Waals surface area contributed by atoms with E-state index in [9.17, 15) is 9.59 Å². The molecule has 2 amide bonds. The smallest absolute Gasteiger partial charge is 0.255 e. The number of nitrogens with zero attached hydrogens (tertiary/aromatic N) is 1. The third kappa shape index (κ3) is 4.81. The van der Waals surface area contributed by atoms with Gasteiger partial charge < -0.3 is 10.6 Å². The molecule has 0 bridgehead atoms. The molecule has 1 aromatic rings. The molecule has 0 aliphatic heterocycles. The van der Waals surface area contributed by atoms with Gasteiger partial charge in [0.1, 0.15) is 6.04 Å². The Bertz CT molecular complexity index is 503. The number of pyridine rings is 1. The minimum Gasteiger partial charge on any atom is -0.354 e. The van der Waals surface area contributed by atoms with Crippen molar-refractivity contribution in [3.8, 4) is 0 Å². The van der Waals surface area contributed by atoms with Crippen LogP contribution in [0.1, 0.15) is 36.8 Å². The van der Waals surface area contributed by atoms with Crippen molar-refractivity contribution in [3.63, 3.8) is 0 Å². The summed E-state index contributed by atoms with van der Waals surface area (Å²) in [5.41, 5.74) is 0.995. The Morgan fingerprint density at radius 3 is 2.55 bits per heavy atom. The molecule has 1 rings (SSSR count). The quantitative estimate of drug-likeness (QED) is 0.872. The molecule has 0 saturated heterocycles. The van der Waals surface area contributed by atoms with Crippen molar-refractivity contribution in [3.05, 3.63) is 28.5 Å². The number of hydrogen-bond donors (Lipinski definition) is 2. The van der Waals surface area contributed by atoms with E-state index < -0.39 is 11.9 Å². The maximum Gasteiger partial charge on any atom is 0.255 e. The van der Waals surface area contributed by atoms with Crippen molar-refractivity contribution in [2.45, 2.75) is 33.7 Å². The third-order valence-electron chi connectivity index (χ3n) is 2.66. The molecule has 1 atom stereocenters. The van der Waals surface area contributed by atoms with Gasteiger partial charge in [-0.1, -0.05) is 25.4 Å². The number of carbonyl (C=O) groups is 2. The molecule has 110 valence electrons. The van der Waals surface area contributed by atoms with E-state index in [2.05, 4.69) is 15.6 Å². The molecule has 0 aliphatic carbocycles. The fourth-order valence-corrected chi connectivity index (χ4v) is 1.78. The first kappa shape index (κ1) is 16.4. The summed E-state index contributed by atoms with van der Waals surface area (Å²) < 4.78 is 0. The zero-order valence-electron chi connectivity index (χ0n) is 12.2. The van der Waals surface area contributed by atoms with Crippen LogP contribution in [0.4, 0.5) is 0 Å². The maximum atomic E-state index is 12.0. The van der Waals surface area contributed by atoms with E-state index in [0.29, 0.717) is 17.5 Å². The van der Waals surface area contributed by atoms with Crippen LogP contribution in [0.2, 0.25) is 5.02 Å². The first-order valence-electron chi connectivity index (χ1n) is 6.52. The Hall–Kier alpha value is -1.62. The highest BCUT2D eigenvalue weighted by Crippen LogP contribution is 2.15. The first-order chi connectivity index (χ1) is 9.31. The summed E-state index contributed by atoms with van der Waals surface area (Å²) in [6, 6.07) is 0.985. The van der Waals surface area contributed by atoms with Gasteiger partial charge in [-0.3, -0.25) is 14.6 Å². The summed E-state index contributed by atoms with van der Waals surface area (Å²) >= 11 is 5.99. The minimum atomic E-state index is -0.626. The zero-order chi connectivity index (χ0) is 15.3. The molecule has 5 nitrogen and oxygen atoms in total. The molecule has 0 spiro atoms.